The normalized spacial score (nSPS) is 10.4. The zero-order chi connectivity index (χ0) is 23.0. The molecule has 164 valence electrons. The van der Waals surface area contributed by atoms with Gasteiger partial charge >= 0.3 is 5.97 Å². The van der Waals surface area contributed by atoms with E-state index in [1.54, 1.807) is 48.5 Å². The van der Waals surface area contributed by atoms with E-state index in [0.29, 0.717) is 40.8 Å². The van der Waals surface area contributed by atoms with Crippen molar-refractivity contribution in [2.24, 2.45) is 0 Å². The lowest BCUT2D eigenvalue weighted by atomic mass is 10.1. The molecule has 7 heteroatoms. The van der Waals surface area contributed by atoms with Crippen molar-refractivity contribution in [1.82, 2.24) is 10.1 Å². The molecule has 0 saturated carbocycles. The van der Waals surface area contributed by atoms with Gasteiger partial charge in [-0.2, -0.15) is 10.2 Å². The third kappa shape index (κ3) is 5.43. The topological polar surface area (TPSA) is 98.2 Å². The summed E-state index contributed by atoms with van der Waals surface area (Å²) in [5.41, 5.74) is 2.37. The minimum atomic E-state index is -0.501. The van der Waals surface area contributed by atoms with Crippen molar-refractivity contribution in [2.75, 3.05) is 6.61 Å². The Morgan fingerprint density at radius 1 is 0.939 bits per heavy atom. The standard InChI is InChI=1S/C26H21N3O4/c1-2-3-16-31-22-14-10-19(11-15-22)24-28-25(33-29-24)20-6-8-21(9-7-20)26(30)32-23-12-4-18(17-27)5-13-23/h4-15H,2-3,16H2,1H3. The summed E-state index contributed by atoms with van der Waals surface area (Å²) in [7, 11) is 0. The number of nitriles is 1. The lowest BCUT2D eigenvalue weighted by Gasteiger charge is -2.05. The van der Waals surface area contributed by atoms with E-state index in [1.165, 1.54) is 0 Å². The summed E-state index contributed by atoms with van der Waals surface area (Å²) < 4.78 is 16.4. The van der Waals surface area contributed by atoms with Crippen LogP contribution in [0.15, 0.2) is 77.3 Å². The van der Waals surface area contributed by atoms with Crippen LogP contribution in [0.5, 0.6) is 11.5 Å². The third-order valence-electron chi connectivity index (χ3n) is 4.87. The van der Waals surface area contributed by atoms with Gasteiger partial charge in [-0.1, -0.05) is 18.5 Å². The van der Waals surface area contributed by atoms with Crippen molar-refractivity contribution in [3.8, 4) is 40.4 Å². The Labute approximate surface area is 191 Å². The molecule has 0 aliphatic carbocycles. The fourth-order valence-corrected chi connectivity index (χ4v) is 3.00. The molecule has 0 saturated heterocycles. The van der Waals surface area contributed by atoms with E-state index in [0.717, 1.165) is 24.2 Å². The zero-order valence-electron chi connectivity index (χ0n) is 18.0. The summed E-state index contributed by atoms with van der Waals surface area (Å²) >= 11 is 0. The maximum Gasteiger partial charge on any atom is 0.343 e. The van der Waals surface area contributed by atoms with Gasteiger partial charge in [-0.3, -0.25) is 0 Å². The molecule has 0 unspecified atom stereocenters. The molecule has 0 fully saturated rings. The minimum absolute atomic E-state index is 0.347. The van der Waals surface area contributed by atoms with Crippen LogP contribution in [0.3, 0.4) is 0 Å². The molecule has 33 heavy (non-hydrogen) atoms. The molecule has 0 bridgehead atoms. The van der Waals surface area contributed by atoms with E-state index in [4.69, 9.17) is 19.3 Å². The first-order valence-electron chi connectivity index (χ1n) is 10.6. The molecular weight excluding hydrogens is 418 g/mol. The van der Waals surface area contributed by atoms with E-state index < -0.39 is 5.97 Å². The van der Waals surface area contributed by atoms with Gasteiger partial charge < -0.3 is 14.0 Å². The van der Waals surface area contributed by atoms with Crippen LogP contribution in [-0.4, -0.2) is 22.7 Å². The highest BCUT2D eigenvalue weighted by Gasteiger charge is 2.13. The van der Waals surface area contributed by atoms with Crippen molar-refractivity contribution in [3.05, 3.63) is 83.9 Å². The number of aromatic nitrogens is 2. The van der Waals surface area contributed by atoms with Crippen LogP contribution in [0.25, 0.3) is 22.8 Å². The van der Waals surface area contributed by atoms with Gasteiger partial charge in [0.2, 0.25) is 5.82 Å². The molecule has 0 amide bonds. The third-order valence-corrected chi connectivity index (χ3v) is 4.87. The predicted molar refractivity (Wildman–Crippen MR) is 122 cm³/mol. The van der Waals surface area contributed by atoms with Gasteiger partial charge in [0, 0.05) is 11.1 Å². The molecule has 7 nitrogen and oxygen atoms in total. The smallest absolute Gasteiger partial charge is 0.343 e. The van der Waals surface area contributed by atoms with E-state index >= 15 is 0 Å². The average Bonchev–Trinajstić information content (AvgIpc) is 3.35. The molecule has 1 heterocycles. The van der Waals surface area contributed by atoms with Crippen LogP contribution in [0, 0.1) is 11.3 Å². The van der Waals surface area contributed by atoms with E-state index in [-0.39, 0.29) is 0 Å². The Morgan fingerprint density at radius 2 is 1.61 bits per heavy atom. The Balaban J connectivity index is 1.41. The maximum atomic E-state index is 12.4. The van der Waals surface area contributed by atoms with Crippen molar-refractivity contribution in [3.63, 3.8) is 0 Å². The van der Waals surface area contributed by atoms with Gasteiger partial charge in [-0.15, -0.1) is 0 Å². The molecule has 0 N–H and O–H groups in total. The number of carbonyl (C=O) groups excluding carboxylic acids is 1. The number of esters is 1. The van der Waals surface area contributed by atoms with Gasteiger partial charge in [-0.05, 0) is 79.2 Å². The predicted octanol–water partition coefficient (Wildman–Crippen LogP) is 5.67. The minimum Gasteiger partial charge on any atom is -0.494 e. The first kappa shape index (κ1) is 21.8. The first-order valence-corrected chi connectivity index (χ1v) is 10.6. The SMILES string of the molecule is CCCCOc1ccc(-c2noc(-c3ccc(C(=O)Oc4ccc(C#N)cc4)cc3)n2)cc1. The van der Waals surface area contributed by atoms with Crippen LogP contribution in [0.4, 0.5) is 0 Å². The Morgan fingerprint density at radius 3 is 2.27 bits per heavy atom. The number of benzene rings is 3. The number of rotatable bonds is 8. The van der Waals surface area contributed by atoms with Crippen LogP contribution < -0.4 is 9.47 Å². The number of unbranched alkanes of at least 4 members (excludes halogenated alkanes) is 1. The number of carbonyl (C=O) groups is 1. The summed E-state index contributed by atoms with van der Waals surface area (Å²) in [6.07, 6.45) is 2.10. The lowest BCUT2D eigenvalue weighted by molar-refractivity contribution is 0.0734. The van der Waals surface area contributed by atoms with Crippen molar-refractivity contribution < 1.29 is 18.8 Å². The zero-order valence-corrected chi connectivity index (χ0v) is 18.0. The molecule has 0 spiro atoms. The average molecular weight is 439 g/mol. The van der Waals surface area contributed by atoms with E-state index in [2.05, 4.69) is 17.1 Å². The molecular formula is C26H21N3O4. The summed E-state index contributed by atoms with van der Waals surface area (Å²) in [5, 5.41) is 12.9. The maximum absolute atomic E-state index is 12.4. The van der Waals surface area contributed by atoms with Gasteiger partial charge in [-0.25, -0.2) is 4.79 Å². The molecule has 0 atom stereocenters. The second kappa shape index (κ2) is 10.2. The molecule has 4 rings (SSSR count). The van der Waals surface area contributed by atoms with E-state index in [1.807, 2.05) is 30.3 Å². The Hall–Kier alpha value is -4.44. The number of hydrogen-bond acceptors (Lipinski definition) is 7. The lowest BCUT2D eigenvalue weighted by Crippen LogP contribution is -2.08. The van der Waals surface area contributed by atoms with Gasteiger partial charge in [0.05, 0.1) is 23.8 Å². The number of nitrogens with zero attached hydrogens (tertiary/aromatic N) is 3. The number of hydrogen-bond donors (Lipinski definition) is 0. The van der Waals surface area contributed by atoms with Crippen molar-refractivity contribution >= 4 is 5.97 Å². The molecule has 1 aromatic heterocycles. The van der Waals surface area contributed by atoms with Crippen molar-refractivity contribution in [2.45, 2.75) is 19.8 Å². The largest absolute Gasteiger partial charge is 0.494 e. The van der Waals surface area contributed by atoms with Crippen LogP contribution >= 0.6 is 0 Å². The van der Waals surface area contributed by atoms with Crippen molar-refractivity contribution in [1.29, 1.82) is 5.26 Å². The van der Waals surface area contributed by atoms with Crippen LogP contribution in [0.1, 0.15) is 35.7 Å². The fourth-order valence-electron chi connectivity index (χ4n) is 3.00. The van der Waals surface area contributed by atoms with Gasteiger partial charge in [0.1, 0.15) is 11.5 Å². The molecule has 0 aliphatic heterocycles. The fraction of sp³-hybridized carbons (Fsp3) is 0.154. The summed E-state index contributed by atoms with van der Waals surface area (Å²) in [6, 6.07) is 22.6. The Bertz CT molecular complexity index is 1250. The highest BCUT2D eigenvalue weighted by molar-refractivity contribution is 5.91. The molecule has 0 aliphatic rings. The molecule has 4 aromatic rings. The summed E-state index contributed by atoms with van der Waals surface area (Å²) in [6.45, 7) is 2.82. The highest BCUT2D eigenvalue weighted by Crippen LogP contribution is 2.24. The number of ether oxygens (including phenoxy) is 2. The molecule has 3 aromatic carbocycles. The highest BCUT2D eigenvalue weighted by atomic mass is 16.5. The van der Waals surface area contributed by atoms with Crippen LogP contribution in [-0.2, 0) is 0 Å². The van der Waals surface area contributed by atoms with E-state index in [9.17, 15) is 4.79 Å². The monoisotopic (exact) mass is 439 g/mol. The quantitative estimate of drug-likeness (QED) is 0.198. The first-order chi connectivity index (χ1) is 16.2. The summed E-state index contributed by atoms with van der Waals surface area (Å²) in [5.74, 6) is 1.49. The second-order valence-corrected chi connectivity index (χ2v) is 7.25. The van der Waals surface area contributed by atoms with Gasteiger partial charge in [0.25, 0.3) is 5.89 Å². The molecule has 0 radical (unpaired) electrons. The summed E-state index contributed by atoms with van der Waals surface area (Å²) in [4.78, 5) is 16.8. The van der Waals surface area contributed by atoms with Crippen LogP contribution in [0.2, 0.25) is 0 Å². The van der Waals surface area contributed by atoms with Gasteiger partial charge in [0.15, 0.2) is 0 Å². The Kier molecular flexibility index (Phi) is 6.76. The second-order valence-electron chi connectivity index (χ2n) is 7.25.